The van der Waals surface area contributed by atoms with E-state index in [-0.39, 0.29) is 11.8 Å². The van der Waals surface area contributed by atoms with Gasteiger partial charge in [-0.2, -0.15) is 0 Å². The molecule has 2 rings (SSSR count). The third-order valence-corrected chi connectivity index (χ3v) is 4.05. The van der Waals surface area contributed by atoms with E-state index in [0.717, 1.165) is 12.8 Å². The van der Waals surface area contributed by atoms with Crippen LogP contribution in [0.25, 0.3) is 0 Å². The third kappa shape index (κ3) is 2.99. The second-order valence-corrected chi connectivity index (χ2v) is 5.65. The monoisotopic (exact) mass is 287 g/mol. The smallest absolute Gasteiger partial charge is 0.260 e. The molecule has 112 valence electrons. The van der Waals surface area contributed by atoms with Crippen LogP contribution >= 0.6 is 0 Å². The number of allylic oxidation sites excluding steroid dienone is 1. The number of piperidine rings is 1. The Morgan fingerprint density at radius 2 is 2.10 bits per heavy atom. The first kappa shape index (κ1) is 15.3. The van der Waals surface area contributed by atoms with E-state index in [0.29, 0.717) is 24.3 Å². The predicted octanol–water partition coefficient (Wildman–Crippen LogP) is 3.04. The Hall–Kier alpha value is -2.10. The molecule has 2 amide bonds. The van der Waals surface area contributed by atoms with Gasteiger partial charge in [0.15, 0.2) is 0 Å². The van der Waals surface area contributed by atoms with E-state index < -0.39 is 5.41 Å². The highest BCUT2D eigenvalue weighted by atomic mass is 16.5. The normalized spacial score (nSPS) is 22.0. The van der Waals surface area contributed by atoms with Crippen molar-refractivity contribution in [3.63, 3.8) is 0 Å². The molecule has 1 unspecified atom stereocenters. The molecule has 1 aromatic rings. The number of imide groups is 1. The van der Waals surface area contributed by atoms with Gasteiger partial charge in [-0.25, -0.2) is 0 Å². The van der Waals surface area contributed by atoms with Crippen LogP contribution in [-0.4, -0.2) is 30.4 Å². The summed E-state index contributed by atoms with van der Waals surface area (Å²) in [5.41, 5.74) is -0.00529. The molecule has 0 aliphatic carbocycles. The number of amides is 2. The Bertz CT molecular complexity index is 550. The number of methoxy groups -OCH3 is 1. The SMILES string of the molecule is C=CCC1(C)CCCN(C(=O)c2ccc(OC)cc2)C1=O. The standard InChI is InChI=1S/C17H21NO3/c1-4-10-17(2)11-5-12-18(16(17)20)15(19)13-6-8-14(21-3)9-7-13/h4,6-9H,1,5,10-12H2,2-3H3. The molecule has 0 aromatic heterocycles. The van der Waals surface area contributed by atoms with Gasteiger partial charge in [-0.1, -0.05) is 13.0 Å². The number of hydrogen-bond donors (Lipinski definition) is 0. The van der Waals surface area contributed by atoms with Crippen molar-refractivity contribution in [2.75, 3.05) is 13.7 Å². The summed E-state index contributed by atoms with van der Waals surface area (Å²) >= 11 is 0. The van der Waals surface area contributed by atoms with Crippen LogP contribution in [0, 0.1) is 5.41 Å². The third-order valence-electron chi connectivity index (χ3n) is 4.05. The zero-order valence-corrected chi connectivity index (χ0v) is 12.6. The molecular formula is C17H21NO3. The molecule has 1 heterocycles. The molecule has 1 atom stereocenters. The highest BCUT2D eigenvalue weighted by Gasteiger charge is 2.41. The lowest BCUT2D eigenvalue weighted by molar-refractivity contribution is -0.141. The van der Waals surface area contributed by atoms with Crippen LogP contribution in [0.1, 0.15) is 36.5 Å². The summed E-state index contributed by atoms with van der Waals surface area (Å²) in [6.45, 7) is 6.10. The van der Waals surface area contributed by atoms with Crippen LogP contribution in [0.5, 0.6) is 5.75 Å². The van der Waals surface area contributed by atoms with E-state index >= 15 is 0 Å². The van der Waals surface area contributed by atoms with E-state index in [2.05, 4.69) is 6.58 Å². The van der Waals surface area contributed by atoms with Crippen molar-refractivity contribution in [2.24, 2.45) is 5.41 Å². The van der Waals surface area contributed by atoms with Gasteiger partial charge in [0, 0.05) is 12.1 Å². The number of rotatable bonds is 4. The summed E-state index contributed by atoms with van der Waals surface area (Å²) in [6, 6.07) is 6.83. The fourth-order valence-electron chi connectivity index (χ4n) is 2.75. The average Bonchev–Trinajstić information content (AvgIpc) is 2.50. The van der Waals surface area contributed by atoms with Gasteiger partial charge in [0.25, 0.3) is 5.91 Å². The number of likely N-dealkylation sites (tertiary alicyclic amines) is 1. The lowest BCUT2D eigenvalue weighted by atomic mass is 9.78. The van der Waals surface area contributed by atoms with Crippen LogP contribution < -0.4 is 4.74 Å². The summed E-state index contributed by atoms with van der Waals surface area (Å²) < 4.78 is 5.08. The predicted molar refractivity (Wildman–Crippen MR) is 81.2 cm³/mol. The van der Waals surface area contributed by atoms with Gasteiger partial charge < -0.3 is 4.74 Å². The van der Waals surface area contributed by atoms with Crippen LogP contribution in [0.4, 0.5) is 0 Å². The minimum atomic E-state index is -0.512. The Kier molecular flexibility index (Phi) is 4.46. The largest absolute Gasteiger partial charge is 0.497 e. The molecule has 4 heteroatoms. The van der Waals surface area contributed by atoms with Crippen molar-refractivity contribution in [1.82, 2.24) is 4.90 Å². The van der Waals surface area contributed by atoms with E-state index in [9.17, 15) is 9.59 Å². The van der Waals surface area contributed by atoms with Crippen LogP contribution in [0.15, 0.2) is 36.9 Å². The molecule has 21 heavy (non-hydrogen) atoms. The lowest BCUT2D eigenvalue weighted by Crippen LogP contribution is -2.49. The van der Waals surface area contributed by atoms with Gasteiger partial charge >= 0.3 is 0 Å². The molecule has 1 saturated heterocycles. The Morgan fingerprint density at radius 3 is 2.67 bits per heavy atom. The van der Waals surface area contributed by atoms with E-state index in [1.54, 1.807) is 37.5 Å². The number of carbonyl (C=O) groups excluding carboxylic acids is 2. The van der Waals surface area contributed by atoms with Gasteiger partial charge in [-0.05, 0) is 43.5 Å². The van der Waals surface area contributed by atoms with Crippen LogP contribution in [0.2, 0.25) is 0 Å². The molecule has 0 N–H and O–H groups in total. The molecule has 0 radical (unpaired) electrons. The molecule has 4 nitrogen and oxygen atoms in total. The van der Waals surface area contributed by atoms with Crippen molar-refractivity contribution >= 4 is 11.8 Å². The van der Waals surface area contributed by atoms with Crippen molar-refractivity contribution in [3.05, 3.63) is 42.5 Å². The second kappa shape index (κ2) is 6.12. The van der Waals surface area contributed by atoms with Crippen molar-refractivity contribution < 1.29 is 14.3 Å². The molecule has 0 saturated carbocycles. The Balaban J connectivity index is 2.21. The maximum atomic E-state index is 12.6. The molecule has 1 fully saturated rings. The first-order valence-corrected chi connectivity index (χ1v) is 7.13. The topological polar surface area (TPSA) is 46.6 Å². The van der Waals surface area contributed by atoms with E-state index in [1.807, 2.05) is 6.92 Å². The van der Waals surface area contributed by atoms with Gasteiger partial charge in [0.2, 0.25) is 5.91 Å². The highest BCUT2D eigenvalue weighted by Crippen LogP contribution is 2.35. The lowest BCUT2D eigenvalue weighted by Gasteiger charge is -2.37. The molecular weight excluding hydrogens is 266 g/mol. The zero-order valence-electron chi connectivity index (χ0n) is 12.6. The van der Waals surface area contributed by atoms with E-state index in [1.165, 1.54) is 4.90 Å². The molecule has 1 aliphatic rings. The fraction of sp³-hybridized carbons (Fsp3) is 0.412. The summed E-state index contributed by atoms with van der Waals surface area (Å²) in [6.07, 6.45) is 3.97. The fourth-order valence-corrected chi connectivity index (χ4v) is 2.75. The number of hydrogen-bond acceptors (Lipinski definition) is 3. The number of benzene rings is 1. The summed E-state index contributed by atoms with van der Waals surface area (Å²) in [5.74, 6) is 0.347. The average molecular weight is 287 g/mol. The first-order valence-electron chi connectivity index (χ1n) is 7.13. The van der Waals surface area contributed by atoms with Gasteiger partial charge in [-0.3, -0.25) is 14.5 Å². The highest BCUT2D eigenvalue weighted by molar-refractivity contribution is 6.06. The Morgan fingerprint density at radius 1 is 1.43 bits per heavy atom. The molecule has 0 bridgehead atoms. The molecule has 1 aromatic carbocycles. The maximum Gasteiger partial charge on any atom is 0.260 e. The number of nitrogens with zero attached hydrogens (tertiary/aromatic N) is 1. The maximum absolute atomic E-state index is 12.6. The van der Waals surface area contributed by atoms with Crippen LogP contribution in [0.3, 0.4) is 0 Å². The minimum Gasteiger partial charge on any atom is -0.497 e. The van der Waals surface area contributed by atoms with Crippen LogP contribution in [-0.2, 0) is 4.79 Å². The Labute approximate surface area is 125 Å². The van der Waals surface area contributed by atoms with E-state index in [4.69, 9.17) is 4.74 Å². The summed E-state index contributed by atoms with van der Waals surface area (Å²) in [4.78, 5) is 26.5. The first-order chi connectivity index (χ1) is 10.0. The summed E-state index contributed by atoms with van der Waals surface area (Å²) in [5, 5.41) is 0. The number of carbonyl (C=O) groups is 2. The zero-order chi connectivity index (χ0) is 15.5. The quantitative estimate of drug-likeness (QED) is 0.631. The molecule has 0 spiro atoms. The second-order valence-electron chi connectivity index (χ2n) is 5.65. The van der Waals surface area contributed by atoms with Crippen molar-refractivity contribution in [2.45, 2.75) is 26.2 Å². The summed E-state index contributed by atoms with van der Waals surface area (Å²) in [7, 11) is 1.58. The molecule has 1 aliphatic heterocycles. The number of ether oxygens (including phenoxy) is 1. The van der Waals surface area contributed by atoms with Gasteiger partial charge in [-0.15, -0.1) is 6.58 Å². The minimum absolute atomic E-state index is 0.102. The van der Waals surface area contributed by atoms with Crippen molar-refractivity contribution in [1.29, 1.82) is 0 Å². The van der Waals surface area contributed by atoms with Crippen molar-refractivity contribution in [3.8, 4) is 5.75 Å². The van der Waals surface area contributed by atoms with Gasteiger partial charge in [0.05, 0.1) is 12.5 Å². The van der Waals surface area contributed by atoms with Gasteiger partial charge in [0.1, 0.15) is 5.75 Å².